The van der Waals surface area contributed by atoms with E-state index in [1.807, 2.05) is 32.0 Å². The number of carbonyl (C=O) groups excluding carboxylic acids is 2. The fraction of sp³-hybridized carbons (Fsp3) is 0.487. The van der Waals surface area contributed by atoms with E-state index in [1.165, 1.54) is 11.1 Å². The number of benzene rings is 3. The Morgan fingerprint density at radius 2 is 1.49 bits per heavy atom. The van der Waals surface area contributed by atoms with E-state index in [1.54, 1.807) is 42.3 Å². The maximum absolute atomic E-state index is 13.9. The fourth-order valence-corrected chi connectivity index (χ4v) is 7.77. The van der Waals surface area contributed by atoms with Gasteiger partial charge >= 0.3 is 0 Å². The molecule has 3 aromatic carbocycles. The van der Waals surface area contributed by atoms with E-state index in [0.717, 1.165) is 56.4 Å². The number of fused-ring (bicyclic) bond motifs is 2. The van der Waals surface area contributed by atoms with Crippen molar-refractivity contribution < 1.29 is 27.5 Å². The van der Waals surface area contributed by atoms with Gasteiger partial charge in [0.1, 0.15) is 19.3 Å². The zero-order chi connectivity index (χ0) is 35.8. The monoisotopic (exact) mass is 740 g/mol. The molecule has 12 heteroatoms. The van der Waals surface area contributed by atoms with Gasteiger partial charge in [0.2, 0.25) is 21.8 Å². The summed E-state index contributed by atoms with van der Waals surface area (Å²) in [5, 5.41) is 2.97. The van der Waals surface area contributed by atoms with Gasteiger partial charge in [-0.15, -0.1) is 12.4 Å². The molecule has 2 atom stereocenters. The number of nitrogens with one attached hydrogen (secondary N) is 2. The summed E-state index contributed by atoms with van der Waals surface area (Å²) in [4.78, 5) is 31.7. The Morgan fingerprint density at radius 1 is 0.843 bits per heavy atom. The fourth-order valence-electron chi connectivity index (χ4n) is 6.50. The quantitative estimate of drug-likeness (QED) is 0.208. The van der Waals surface area contributed by atoms with E-state index in [0.29, 0.717) is 36.7 Å². The number of hydrogen-bond acceptors (Lipinski definition) is 7. The van der Waals surface area contributed by atoms with Gasteiger partial charge in [0.05, 0.1) is 10.9 Å². The van der Waals surface area contributed by atoms with Crippen molar-refractivity contribution in [2.45, 2.75) is 95.8 Å². The molecule has 3 aromatic rings. The van der Waals surface area contributed by atoms with Crippen LogP contribution in [0.2, 0.25) is 0 Å². The number of hydrogen-bond donors (Lipinski definition) is 2. The number of likely N-dealkylation sites (N-methyl/N-ethyl adjacent to an activating group) is 1. The molecule has 2 unspecified atom stereocenters. The second-order valence-electron chi connectivity index (χ2n) is 13.6. The summed E-state index contributed by atoms with van der Waals surface area (Å²) in [5.41, 5.74) is 4.87. The third-order valence-corrected chi connectivity index (χ3v) is 11.3. The lowest BCUT2D eigenvalue weighted by Gasteiger charge is -2.28. The second kappa shape index (κ2) is 18.2. The number of rotatable bonds is 15. The minimum atomic E-state index is -4.02. The van der Waals surface area contributed by atoms with Crippen molar-refractivity contribution in [2.24, 2.45) is 0 Å². The van der Waals surface area contributed by atoms with Crippen LogP contribution in [0.4, 0.5) is 0 Å². The normalized spacial score (nSPS) is 15.0. The molecule has 0 radical (unpaired) electrons. The van der Waals surface area contributed by atoms with Gasteiger partial charge in [0.15, 0.2) is 11.5 Å². The van der Waals surface area contributed by atoms with E-state index in [-0.39, 0.29) is 35.7 Å². The molecular formula is C39H53ClN4O6S. The second-order valence-corrected chi connectivity index (χ2v) is 15.3. The predicted molar refractivity (Wildman–Crippen MR) is 202 cm³/mol. The molecule has 1 aliphatic carbocycles. The molecule has 2 aliphatic rings. The van der Waals surface area contributed by atoms with E-state index in [9.17, 15) is 18.0 Å². The summed E-state index contributed by atoms with van der Waals surface area (Å²) in [6.45, 7) is 11.7. The third-order valence-electron chi connectivity index (χ3n) is 9.80. The summed E-state index contributed by atoms with van der Waals surface area (Å²) < 4.78 is 42.1. The number of halogens is 1. The molecule has 2 amide bonds. The molecule has 5 rings (SSSR count). The van der Waals surface area contributed by atoms with Gasteiger partial charge in [0, 0.05) is 32.5 Å². The van der Waals surface area contributed by atoms with Crippen molar-refractivity contribution in [1.29, 1.82) is 0 Å². The van der Waals surface area contributed by atoms with Crippen molar-refractivity contribution in [3.05, 3.63) is 88.5 Å². The zero-order valence-electron chi connectivity index (χ0n) is 30.4. The van der Waals surface area contributed by atoms with Crippen molar-refractivity contribution in [2.75, 3.05) is 33.4 Å². The molecule has 51 heavy (non-hydrogen) atoms. The van der Waals surface area contributed by atoms with Crippen LogP contribution < -0.4 is 19.5 Å². The van der Waals surface area contributed by atoms with E-state index < -0.39 is 28.0 Å². The van der Waals surface area contributed by atoms with Gasteiger partial charge in [-0.25, -0.2) is 13.1 Å². The summed E-state index contributed by atoms with van der Waals surface area (Å²) in [5.74, 6) is 0.382. The van der Waals surface area contributed by atoms with Gasteiger partial charge in [-0.3, -0.25) is 14.5 Å². The maximum Gasteiger partial charge on any atom is 0.245 e. The molecule has 1 aliphatic heterocycles. The lowest BCUT2D eigenvalue weighted by Crippen LogP contribution is -2.50. The topological polar surface area (TPSA) is 117 Å². The highest BCUT2D eigenvalue weighted by molar-refractivity contribution is 7.89. The number of sulfonamides is 1. The average molecular weight is 741 g/mol. The van der Waals surface area contributed by atoms with E-state index >= 15 is 0 Å². The van der Waals surface area contributed by atoms with Crippen LogP contribution in [0.1, 0.15) is 80.8 Å². The molecule has 0 fully saturated rings. The van der Waals surface area contributed by atoms with Crippen molar-refractivity contribution in [1.82, 2.24) is 19.8 Å². The Labute approximate surface area is 309 Å². The SMILES string of the molecule is CCN(CC)Cc1ccc(CC(NC(=O)CC(NS(=O)(=O)c2ccc3c(c2)CCCC3)c2ccc3c(c2)OCCO3)C(=O)N(C)C(C)C)cc1.Cl. The van der Waals surface area contributed by atoms with Crippen LogP contribution in [0.5, 0.6) is 11.5 Å². The van der Waals surface area contributed by atoms with Crippen molar-refractivity contribution in [3.8, 4) is 11.5 Å². The number of aryl methyl sites for hydroxylation is 2. The first kappa shape index (κ1) is 40.1. The molecule has 0 bridgehead atoms. The van der Waals surface area contributed by atoms with E-state index in [4.69, 9.17) is 9.47 Å². The van der Waals surface area contributed by atoms with Gasteiger partial charge in [-0.05, 0) is 105 Å². The minimum Gasteiger partial charge on any atom is -0.486 e. The lowest BCUT2D eigenvalue weighted by molar-refractivity contribution is -0.136. The highest BCUT2D eigenvalue weighted by atomic mass is 35.5. The summed E-state index contributed by atoms with van der Waals surface area (Å²) in [6, 6.07) is 16.8. The van der Waals surface area contributed by atoms with Crippen molar-refractivity contribution in [3.63, 3.8) is 0 Å². The molecule has 0 saturated heterocycles. The van der Waals surface area contributed by atoms with Crippen LogP contribution in [-0.2, 0) is 45.4 Å². The van der Waals surface area contributed by atoms with Gasteiger partial charge in [-0.1, -0.05) is 50.2 Å². The Kier molecular flexibility index (Phi) is 14.3. The molecule has 0 spiro atoms. The number of carbonyl (C=O) groups is 2. The Hall–Kier alpha value is -3.64. The van der Waals surface area contributed by atoms with Crippen LogP contribution in [0.3, 0.4) is 0 Å². The highest BCUT2D eigenvalue weighted by Gasteiger charge is 2.30. The standard InChI is InChI=1S/C39H52N4O6S.ClH/c1-6-43(7-2)26-29-14-12-28(13-15-29)22-35(39(45)42(5)27(3)4)40-38(44)25-34(32-17-19-36-37(24-32)49-21-20-48-36)41-50(46,47)33-18-16-30-10-8-9-11-31(30)23-33;/h12-19,23-24,27,34-35,41H,6-11,20-22,25-26H2,1-5H3,(H,40,44);1H. The first-order valence-electron chi connectivity index (χ1n) is 17.9. The smallest absolute Gasteiger partial charge is 0.245 e. The lowest BCUT2D eigenvalue weighted by atomic mass is 9.92. The number of ether oxygens (including phenoxy) is 2. The predicted octanol–water partition coefficient (Wildman–Crippen LogP) is 5.60. The first-order chi connectivity index (χ1) is 24.0. The highest BCUT2D eigenvalue weighted by Crippen LogP contribution is 2.34. The van der Waals surface area contributed by atoms with Crippen LogP contribution in [0, 0.1) is 0 Å². The Morgan fingerprint density at radius 3 is 2.16 bits per heavy atom. The third kappa shape index (κ3) is 10.5. The molecule has 2 N–H and O–H groups in total. The van der Waals surface area contributed by atoms with E-state index in [2.05, 4.69) is 40.9 Å². The van der Waals surface area contributed by atoms with Crippen LogP contribution in [0.15, 0.2) is 65.6 Å². The minimum absolute atomic E-state index is 0. The molecule has 0 aromatic heterocycles. The Bertz CT molecular complexity index is 1750. The van der Waals surface area contributed by atoms with Crippen LogP contribution in [0.25, 0.3) is 0 Å². The summed E-state index contributed by atoms with van der Waals surface area (Å²) in [7, 11) is -2.30. The summed E-state index contributed by atoms with van der Waals surface area (Å²) in [6.07, 6.45) is 3.96. The molecule has 0 saturated carbocycles. The number of amides is 2. The van der Waals surface area contributed by atoms with Gasteiger partial charge in [-0.2, -0.15) is 0 Å². The van der Waals surface area contributed by atoms with Gasteiger partial charge < -0.3 is 19.7 Å². The van der Waals surface area contributed by atoms with Crippen molar-refractivity contribution >= 4 is 34.2 Å². The molecule has 10 nitrogen and oxygen atoms in total. The average Bonchev–Trinajstić information content (AvgIpc) is 3.12. The van der Waals surface area contributed by atoms with Gasteiger partial charge in [0.25, 0.3) is 0 Å². The zero-order valence-corrected chi connectivity index (χ0v) is 32.1. The molecular weight excluding hydrogens is 688 g/mol. The first-order valence-corrected chi connectivity index (χ1v) is 19.4. The largest absolute Gasteiger partial charge is 0.486 e. The Balaban J connectivity index is 0.00000583. The van der Waals surface area contributed by atoms with Crippen LogP contribution in [-0.4, -0.2) is 75.5 Å². The number of nitrogens with zero attached hydrogens (tertiary/aromatic N) is 2. The maximum atomic E-state index is 13.9. The summed E-state index contributed by atoms with van der Waals surface area (Å²) >= 11 is 0. The molecule has 278 valence electrons. The molecule has 1 heterocycles. The van der Waals surface area contributed by atoms with Crippen LogP contribution >= 0.6 is 12.4 Å².